The van der Waals surface area contributed by atoms with Crippen LogP contribution in [0.4, 0.5) is 5.69 Å². The molecule has 3 aromatic rings. The van der Waals surface area contributed by atoms with Crippen molar-refractivity contribution in [1.82, 2.24) is 5.32 Å². The van der Waals surface area contributed by atoms with Gasteiger partial charge in [0.15, 0.2) is 0 Å². The van der Waals surface area contributed by atoms with E-state index in [-0.39, 0.29) is 24.6 Å². The summed E-state index contributed by atoms with van der Waals surface area (Å²) < 4.78 is 33.4. The Labute approximate surface area is 193 Å². The number of anilines is 1. The van der Waals surface area contributed by atoms with E-state index in [4.69, 9.17) is 16.3 Å². The van der Waals surface area contributed by atoms with Gasteiger partial charge < -0.3 is 10.1 Å². The fraction of sp³-hybridized carbons (Fsp3) is 0.208. The highest BCUT2D eigenvalue weighted by atomic mass is 35.5. The molecule has 0 saturated carbocycles. The number of carbonyl (C=O) groups is 1. The Morgan fingerprint density at radius 2 is 1.62 bits per heavy atom. The van der Waals surface area contributed by atoms with E-state index in [9.17, 15) is 13.2 Å². The topological polar surface area (TPSA) is 75.7 Å². The molecular weight excluding hydrogens is 448 g/mol. The normalized spacial score (nSPS) is 11.1. The predicted molar refractivity (Wildman–Crippen MR) is 127 cm³/mol. The van der Waals surface area contributed by atoms with Crippen LogP contribution in [0.3, 0.4) is 0 Å². The van der Waals surface area contributed by atoms with Gasteiger partial charge in [0.2, 0.25) is 5.91 Å². The number of amides is 1. The van der Waals surface area contributed by atoms with Crippen molar-refractivity contribution in [2.45, 2.75) is 18.7 Å². The zero-order valence-electron chi connectivity index (χ0n) is 17.9. The van der Waals surface area contributed by atoms with Gasteiger partial charge in [0.1, 0.15) is 18.9 Å². The molecule has 0 aliphatic carbocycles. The second kappa shape index (κ2) is 10.5. The lowest BCUT2D eigenvalue weighted by Gasteiger charge is -2.25. The lowest BCUT2D eigenvalue weighted by Crippen LogP contribution is -2.42. The minimum atomic E-state index is -3.98. The van der Waals surface area contributed by atoms with E-state index in [0.717, 1.165) is 15.4 Å². The molecule has 0 fully saturated rings. The minimum absolute atomic E-state index is 0.0562. The van der Waals surface area contributed by atoms with Crippen LogP contribution in [0.25, 0.3) is 0 Å². The molecule has 6 nitrogen and oxygen atoms in total. The molecule has 0 spiro atoms. The maximum Gasteiger partial charge on any atom is 0.264 e. The summed E-state index contributed by atoms with van der Waals surface area (Å²) in [5, 5.41) is 3.15. The van der Waals surface area contributed by atoms with Crippen LogP contribution in [0.5, 0.6) is 5.75 Å². The van der Waals surface area contributed by atoms with Gasteiger partial charge in [-0.3, -0.25) is 9.10 Å². The van der Waals surface area contributed by atoms with Crippen molar-refractivity contribution < 1.29 is 17.9 Å². The summed E-state index contributed by atoms with van der Waals surface area (Å²) in [5.41, 5.74) is 2.30. The summed E-state index contributed by atoms with van der Waals surface area (Å²) in [6.07, 6.45) is 0. The summed E-state index contributed by atoms with van der Waals surface area (Å²) in [7, 11) is -3.98. The molecule has 0 aliphatic rings. The SMILES string of the molecule is Cc1ccc(OCCNC(=O)CN(c2ccccc2C)S(=O)(=O)c2ccc(Cl)cc2)cc1. The molecule has 168 valence electrons. The smallest absolute Gasteiger partial charge is 0.264 e. The van der Waals surface area contributed by atoms with E-state index < -0.39 is 15.9 Å². The van der Waals surface area contributed by atoms with Gasteiger partial charge >= 0.3 is 0 Å². The molecule has 0 atom stereocenters. The van der Waals surface area contributed by atoms with E-state index >= 15 is 0 Å². The number of sulfonamides is 1. The van der Waals surface area contributed by atoms with Crippen LogP contribution in [0.2, 0.25) is 5.02 Å². The average molecular weight is 473 g/mol. The number of hydrogen-bond acceptors (Lipinski definition) is 4. The van der Waals surface area contributed by atoms with E-state index in [1.165, 1.54) is 24.3 Å². The molecule has 3 aromatic carbocycles. The Morgan fingerprint density at radius 3 is 2.28 bits per heavy atom. The lowest BCUT2D eigenvalue weighted by molar-refractivity contribution is -0.119. The van der Waals surface area contributed by atoms with Crippen molar-refractivity contribution in [3.63, 3.8) is 0 Å². The second-order valence-corrected chi connectivity index (χ2v) is 9.56. The van der Waals surface area contributed by atoms with Gasteiger partial charge in [0.25, 0.3) is 10.0 Å². The lowest BCUT2D eigenvalue weighted by atomic mass is 10.2. The zero-order valence-corrected chi connectivity index (χ0v) is 19.5. The molecule has 3 rings (SSSR count). The van der Waals surface area contributed by atoms with Crippen molar-refractivity contribution >= 4 is 33.2 Å². The summed E-state index contributed by atoms with van der Waals surface area (Å²) in [6, 6.07) is 20.5. The third-order valence-electron chi connectivity index (χ3n) is 4.79. The Bertz CT molecular complexity index is 1160. The summed E-state index contributed by atoms with van der Waals surface area (Å²) in [5.74, 6) is 0.273. The fourth-order valence-electron chi connectivity index (χ4n) is 3.06. The number of ether oxygens (including phenoxy) is 1. The molecule has 0 unspecified atom stereocenters. The molecule has 0 bridgehead atoms. The first-order valence-electron chi connectivity index (χ1n) is 10.1. The van der Waals surface area contributed by atoms with Crippen molar-refractivity contribution in [3.8, 4) is 5.75 Å². The van der Waals surface area contributed by atoms with Gasteiger partial charge in [-0.25, -0.2) is 8.42 Å². The molecule has 32 heavy (non-hydrogen) atoms. The Hall–Kier alpha value is -3.03. The van der Waals surface area contributed by atoms with Crippen LogP contribution in [0.15, 0.2) is 77.7 Å². The van der Waals surface area contributed by atoms with Crippen LogP contribution in [-0.4, -0.2) is 34.0 Å². The number of hydrogen-bond donors (Lipinski definition) is 1. The third-order valence-corrected chi connectivity index (χ3v) is 6.81. The van der Waals surface area contributed by atoms with Crippen LogP contribution in [0.1, 0.15) is 11.1 Å². The van der Waals surface area contributed by atoms with Crippen molar-refractivity contribution in [2.24, 2.45) is 0 Å². The standard InChI is InChI=1S/C24H25ClN2O4S/c1-18-7-11-21(12-8-18)31-16-15-26-24(28)17-27(23-6-4-3-5-19(23)2)32(29,30)22-13-9-20(25)10-14-22/h3-14H,15-17H2,1-2H3,(H,26,28). The Kier molecular flexibility index (Phi) is 7.77. The van der Waals surface area contributed by atoms with Crippen molar-refractivity contribution in [1.29, 1.82) is 0 Å². The summed E-state index contributed by atoms with van der Waals surface area (Å²) in [4.78, 5) is 12.7. The molecule has 0 aliphatic heterocycles. The molecule has 1 N–H and O–H groups in total. The molecule has 0 saturated heterocycles. The zero-order chi connectivity index (χ0) is 23.1. The van der Waals surface area contributed by atoms with Crippen LogP contribution < -0.4 is 14.4 Å². The number of carbonyl (C=O) groups excluding carboxylic acids is 1. The van der Waals surface area contributed by atoms with E-state index in [2.05, 4.69) is 5.32 Å². The highest BCUT2D eigenvalue weighted by molar-refractivity contribution is 7.92. The fourth-order valence-corrected chi connectivity index (χ4v) is 4.67. The Morgan fingerprint density at radius 1 is 0.969 bits per heavy atom. The first-order valence-corrected chi connectivity index (χ1v) is 11.9. The summed E-state index contributed by atoms with van der Waals surface area (Å²) >= 11 is 5.91. The van der Waals surface area contributed by atoms with Gasteiger partial charge in [-0.1, -0.05) is 47.5 Å². The maximum atomic E-state index is 13.4. The number of nitrogens with one attached hydrogen (secondary N) is 1. The third kappa shape index (κ3) is 6.02. The predicted octanol–water partition coefficient (Wildman–Crippen LogP) is 4.35. The Balaban J connectivity index is 1.71. The van der Waals surface area contributed by atoms with Gasteiger partial charge in [-0.15, -0.1) is 0 Å². The monoisotopic (exact) mass is 472 g/mol. The highest BCUT2D eigenvalue weighted by Crippen LogP contribution is 2.27. The van der Waals surface area contributed by atoms with Crippen molar-refractivity contribution in [3.05, 3.63) is 88.9 Å². The average Bonchev–Trinajstić information content (AvgIpc) is 2.77. The molecule has 0 radical (unpaired) electrons. The maximum absolute atomic E-state index is 13.4. The van der Waals surface area contributed by atoms with Crippen molar-refractivity contribution in [2.75, 3.05) is 24.0 Å². The van der Waals surface area contributed by atoms with Crippen LogP contribution in [0, 0.1) is 13.8 Å². The van der Waals surface area contributed by atoms with Gasteiger partial charge in [-0.2, -0.15) is 0 Å². The first kappa shape index (κ1) is 23.6. The largest absolute Gasteiger partial charge is 0.492 e. The molecule has 0 heterocycles. The van der Waals surface area contributed by atoms with E-state index in [1.54, 1.807) is 25.1 Å². The second-order valence-electron chi connectivity index (χ2n) is 7.26. The highest BCUT2D eigenvalue weighted by Gasteiger charge is 2.28. The molecule has 1 amide bonds. The van der Waals surface area contributed by atoms with Gasteiger partial charge in [0.05, 0.1) is 17.1 Å². The van der Waals surface area contributed by atoms with Gasteiger partial charge in [-0.05, 0) is 61.9 Å². The summed E-state index contributed by atoms with van der Waals surface area (Å²) in [6.45, 7) is 3.94. The first-order chi connectivity index (χ1) is 15.3. The van der Waals surface area contributed by atoms with Gasteiger partial charge in [0, 0.05) is 5.02 Å². The quantitative estimate of drug-likeness (QED) is 0.470. The number of aryl methyl sites for hydroxylation is 2. The number of para-hydroxylation sites is 1. The molecule has 0 aromatic heterocycles. The van der Waals surface area contributed by atoms with Crippen LogP contribution >= 0.6 is 11.6 Å². The van der Waals surface area contributed by atoms with E-state index in [0.29, 0.717) is 16.5 Å². The number of rotatable bonds is 9. The number of nitrogens with zero attached hydrogens (tertiary/aromatic N) is 1. The molecule has 8 heteroatoms. The van der Waals surface area contributed by atoms with E-state index in [1.807, 2.05) is 37.3 Å². The number of halogens is 1. The van der Waals surface area contributed by atoms with Crippen LogP contribution in [-0.2, 0) is 14.8 Å². The number of benzene rings is 3. The minimum Gasteiger partial charge on any atom is -0.492 e. The molecular formula is C24H25ClN2O4S.